The van der Waals surface area contributed by atoms with E-state index >= 15 is 0 Å². The Balaban J connectivity index is 1.76. The van der Waals surface area contributed by atoms with E-state index in [9.17, 15) is 8.42 Å². The van der Waals surface area contributed by atoms with Gasteiger partial charge in [0.15, 0.2) is 0 Å². The monoisotopic (exact) mass is 442 g/mol. The SMILES string of the molecule is COc1ccccc1C(CNS(=O)(=O)Cc1ccc(Cl)c(Cl)c1)N1CCCC1. The van der Waals surface area contributed by atoms with Gasteiger partial charge in [0.25, 0.3) is 0 Å². The number of rotatable bonds is 8. The van der Waals surface area contributed by atoms with Crippen LogP contribution in [0.25, 0.3) is 0 Å². The lowest BCUT2D eigenvalue weighted by atomic mass is 10.0. The van der Waals surface area contributed by atoms with E-state index in [-0.39, 0.29) is 18.3 Å². The predicted octanol–water partition coefficient (Wildman–Crippen LogP) is 4.26. The van der Waals surface area contributed by atoms with Crippen molar-refractivity contribution >= 4 is 33.2 Å². The van der Waals surface area contributed by atoms with E-state index in [4.69, 9.17) is 27.9 Å². The maximum absolute atomic E-state index is 12.7. The molecular formula is C20H24Cl2N2O3S. The highest BCUT2D eigenvalue weighted by molar-refractivity contribution is 7.88. The first-order chi connectivity index (χ1) is 13.4. The third-order valence-corrected chi connectivity index (χ3v) is 6.98. The highest BCUT2D eigenvalue weighted by atomic mass is 35.5. The van der Waals surface area contributed by atoms with Crippen LogP contribution in [-0.2, 0) is 15.8 Å². The zero-order valence-electron chi connectivity index (χ0n) is 15.7. The van der Waals surface area contributed by atoms with Gasteiger partial charge in [0.05, 0.1) is 28.9 Å². The minimum Gasteiger partial charge on any atom is -0.496 e. The number of halogens is 2. The molecule has 2 aromatic carbocycles. The Morgan fingerprint density at radius 3 is 2.50 bits per heavy atom. The minimum absolute atomic E-state index is 0.0813. The molecule has 0 saturated carbocycles. The van der Waals surface area contributed by atoms with Crippen LogP contribution in [0.3, 0.4) is 0 Å². The van der Waals surface area contributed by atoms with E-state index in [0.717, 1.165) is 37.2 Å². The Labute approximate surface area is 176 Å². The van der Waals surface area contributed by atoms with Crippen LogP contribution in [0, 0.1) is 0 Å². The molecule has 0 aromatic heterocycles. The number of likely N-dealkylation sites (tertiary alicyclic amines) is 1. The summed E-state index contributed by atoms with van der Waals surface area (Å²) in [6, 6.07) is 12.5. The Morgan fingerprint density at radius 2 is 1.82 bits per heavy atom. The van der Waals surface area contributed by atoms with Crippen LogP contribution in [0.5, 0.6) is 5.75 Å². The van der Waals surface area contributed by atoms with Gasteiger partial charge in [-0.15, -0.1) is 0 Å². The largest absolute Gasteiger partial charge is 0.496 e. The van der Waals surface area contributed by atoms with Gasteiger partial charge in [-0.05, 0) is 49.7 Å². The number of hydrogen-bond acceptors (Lipinski definition) is 4. The van der Waals surface area contributed by atoms with Crippen molar-refractivity contribution in [2.45, 2.75) is 24.6 Å². The number of sulfonamides is 1. The first-order valence-electron chi connectivity index (χ1n) is 9.18. The zero-order valence-corrected chi connectivity index (χ0v) is 18.0. The Bertz CT molecular complexity index is 915. The van der Waals surface area contributed by atoms with Gasteiger partial charge in [0, 0.05) is 12.1 Å². The second kappa shape index (κ2) is 9.46. The summed E-state index contributed by atoms with van der Waals surface area (Å²) in [5.41, 5.74) is 1.58. The summed E-state index contributed by atoms with van der Waals surface area (Å²) in [6.45, 7) is 2.17. The van der Waals surface area contributed by atoms with Gasteiger partial charge >= 0.3 is 0 Å². The highest BCUT2D eigenvalue weighted by Crippen LogP contribution is 2.31. The first kappa shape index (κ1) is 21.4. The van der Waals surface area contributed by atoms with Gasteiger partial charge in [0.1, 0.15) is 5.75 Å². The summed E-state index contributed by atoms with van der Waals surface area (Å²) in [5, 5.41) is 0.749. The van der Waals surface area contributed by atoms with Gasteiger partial charge in [-0.3, -0.25) is 4.90 Å². The fourth-order valence-electron chi connectivity index (χ4n) is 3.54. The summed E-state index contributed by atoms with van der Waals surface area (Å²) in [6.07, 6.45) is 2.23. The van der Waals surface area contributed by atoms with Gasteiger partial charge in [-0.25, -0.2) is 13.1 Å². The van der Waals surface area contributed by atoms with E-state index in [1.165, 1.54) is 0 Å². The summed E-state index contributed by atoms with van der Waals surface area (Å²) in [7, 11) is -1.90. The van der Waals surface area contributed by atoms with Crippen molar-refractivity contribution in [2.75, 3.05) is 26.7 Å². The minimum atomic E-state index is -3.54. The van der Waals surface area contributed by atoms with Gasteiger partial charge in [-0.1, -0.05) is 47.5 Å². The van der Waals surface area contributed by atoms with Crippen LogP contribution in [0.4, 0.5) is 0 Å². The van der Waals surface area contributed by atoms with Crippen LogP contribution >= 0.6 is 23.2 Å². The molecule has 1 heterocycles. The predicted molar refractivity (Wildman–Crippen MR) is 114 cm³/mol. The summed E-state index contributed by atoms with van der Waals surface area (Å²) in [5.74, 6) is 0.616. The van der Waals surface area contributed by atoms with Crippen LogP contribution in [0.1, 0.15) is 30.0 Å². The molecule has 1 fully saturated rings. The number of hydrogen-bond donors (Lipinski definition) is 1. The molecule has 1 unspecified atom stereocenters. The Morgan fingerprint density at radius 1 is 1.11 bits per heavy atom. The molecule has 28 heavy (non-hydrogen) atoms. The molecule has 5 nitrogen and oxygen atoms in total. The smallest absolute Gasteiger partial charge is 0.215 e. The van der Waals surface area contributed by atoms with Crippen molar-refractivity contribution in [1.82, 2.24) is 9.62 Å². The number of methoxy groups -OCH3 is 1. The molecule has 2 aromatic rings. The number of benzene rings is 2. The topological polar surface area (TPSA) is 58.6 Å². The standard InChI is InChI=1S/C20H24Cl2N2O3S/c1-27-20-7-3-2-6-16(20)19(24-10-4-5-11-24)13-23-28(25,26)14-15-8-9-17(21)18(22)12-15/h2-3,6-9,12,19,23H,4-5,10-11,13-14H2,1H3. The summed E-state index contributed by atoms with van der Waals surface area (Å²) < 4.78 is 33.6. The number of nitrogens with zero attached hydrogens (tertiary/aromatic N) is 1. The average Bonchev–Trinajstić information content (AvgIpc) is 3.19. The molecule has 3 rings (SSSR count). The number of para-hydroxylation sites is 1. The van der Waals surface area contributed by atoms with Crippen LogP contribution in [0.15, 0.2) is 42.5 Å². The summed E-state index contributed by atoms with van der Waals surface area (Å²) >= 11 is 11.9. The molecule has 152 valence electrons. The fraction of sp³-hybridized carbons (Fsp3) is 0.400. The molecular weight excluding hydrogens is 419 g/mol. The second-order valence-corrected chi connectivity index (χ2v) is 9.48. The molecule has 8 heteroatoms. The molecule has 0 spiro atoms. The Kier molecular flexibility index (Phi) is 7.23. The van der Waals surface area contributed by atoms with Crippen molar-refractivity contribution in [3.8, 4) is 5.75 Å². The van der Waals surface area contributed by atoms with E-state index in [1.807, 2.05) is 24.3 Å². The quantitative estimate of drug-likeness (QED) is 0.663. The van der Waals surface area contributed by atoms with E-state index in [2.05, 4.69) is 9.62 Å². The Hall–Kier alpha value is -1.31. The lowest BCUT2D eigenvalue weighted by molar-refractivity contribution is 0.240. The van der Waals surface area contributed by atoms with Crippen LogP contribution < -0.4 is 9.46 Å². The fourth-order valence-corrected chi connectivity index (χ4v) is 4.99. The molecule has 0 amide bonds. The average molecular weight is 443 g/mol. The molecule has 1 N–H and O–H groups in total. The molecule has 0 aliphatic carbocycles. The van der Waals surface area contributed by atoms with Gasteiger partial charge < -0.3 is 4.74 Å². The lowest BCUT2D eigenvalue weighted by Crippen LogP contribution is -2.37. The molecule has 1 aliphatic rings. The van der Waals surface area contributed by atoms with Gasteiger partial charge in [0.2, 0.25) is 10.0 Å². The lowest BCUT2D eigenvalue weighted by Gasteiger charge is -2.29. The van der Waals surface area contributed by atoms with Crippen molar-refractivity contribution in [3.63, 3.8) is 0 Å². The van der Waals surface area contributed by atoms with Gasteiger partial charge in [-0.2, -0.15) is 0 Å². The van der Waals surface area contributed by atoms with Crippen molar-refractivity contribution in [2.24, 2.45) is 0 Å². The van der Waals surface area contributed by atoms with Crippen molar-refractivity contribution in [3.05, 3.63) is 63.6 Å². The zero-order chi connectivity index (χ0) is 20.1. The molecule has 1 aliphatic heterocycles. The normalized spacial score (nSPS) is 16.2. The molecule has 0 bridgehead atoms. The van der Waals surface area contributed by atoms with Crippen LogP contribution in [-0.4, -0.2) is 40.1 Å². The molecule has 0 radical (unpaired) electrons. The van der Waals surface area contributed by atoms with Crippen molar-refractivity contribution < 1.29 is 13.2 Å². The highest BCUT2D eigenvalue weighted by Gasteiger charge is 2.27. The van der Waals surface area contributed by atoms with E-state index in [0.29, 0.717) is 15.6 Å². The maximum atomic E-state index is 12.7. The third kappa shape index (κ3) is 5.39. The first-order valence-corrected chi connectivity index (χ1v) is 11.6. The van der Waals surface area contributed by atoms with E-state index < -0.39 is 10.0 Å². The number of nitrogens with one attached hydrogen (secondary N) is 1. The van der Waals surface area contributed by atoms with Crippen LogP contribution in [0.2, 0.25) is 10.0 Å². The second-order valence-electron chi connectivity index (χ2n) is 6.86. The van der Waals surface area contributed by atoms with Crippen molar-refractivity contribution in [1.29, 1.82) is 0 Å². The number of ether oxygens (including phenoxy) is 1. The maximum Gasteiger partial charge on any atom is 0.215 e. The third-order valence-electron chi connectivity index (χ3n) is 4.92. The van der Waals surface area contributed by atoms with E-state index in [1.54, 1.807) is 25.3 Å². The molecule has 1 saturated heterocycles. The molecule has 1 atom stereocenters. The summed E-state index contributed by atoms with van der Waals surface area (Å²) in [4.78, 5) is 2.31.